The number of carboxylic acids is 4. The van der Waals surface area contributed by atoms with Crippen LogP contribution in [0, 0.1) is 27.7 Å². The first-order valence-electron chi connectivity index (χ1n) is 31.7. The molecule has 10 rings (SSSR count). The van der Waals surface area contributed by atoms with Crippen molar-refractivity contribution in [1.82, 2.24) is 45.2 Å². The highest BCUT2D eigenvalue weighted by Crippen LogP contribution is 2.43. The van der Waals surface area contributed by atoms with Crippen molar-refractivity contribution >= 4 is 113 Å². The summed E-state index contributed by atoms with van der Waals surface area (Å²) in [4.78, 5) is 83.2. The van der Waals surface area contributed by atoms with Gasteiger partial charge in [-0.2, -0.15) is 0 Å². The highest BCUT2D eigenvalue weighted by atomic mass is 16.5. The van der Waals surface area contributed by atoms with E-state index in [2.05, 4.69) is 25.3 Å². The smallest absolute Gasteiger partial charge is 0.303 e. The number of H-pyrrole nitrogens is 4. The first kappa shape index (κ1) is 69.2. The Bertz CT molecular complexity index is 4530. The van der Waals surface area contributed by atoms with Crippen molar-refractivity contribution < 1.29 is 64.8 Å². The van der Waals surface area contributed by atoms with Crippen LogP contribution in [0.3, 0.4) is 0 Å². The third-order valence-corrected chi connectivity index (χ3v) is 18.3. The standard InChI is InChI=1S/C68H74N8O11.C4H11NO2/c1-29-41(13-17-61(79)80)53-28-56-44(16-20-64(85)86)32(4)48(72-56)24-59-68(36(8)52(76-59)25-58-65(37(9)77)33(5)49(73-58)21-45(29)69-53)40(12)87-39(11)67-35(7)50-22-46-30(2)42(14-18-62(81)82)54(70-46)27-55-43(15-19-63(83)84)31(3)47(71-55)23-57-66(38(10)78)34(6)51(74-57)26-60(67)75-50;6-3-1-5-2-4-7/h21-28,37-40,71-73,75,77-78H,13-20H2,1-12H3,(H,79,80)(H,81,82)(H,83,84)(H,85,86);5-7H,1-4H2. The Kier molecular flexibility index (Phi) is 21.3. The molecule has 4 aliphatic rings. The molecule has 0 saturated heterocycles. The molecule has 22 heteroatoms. The first-order valence-corrected chi connectivity index (χ1v) is 31.7. The van der Waals surface area contributed by atoms with E-state index in [1.165, 1.54) is 0 Å². The van der Waals surface area contributed by atoms with Gasteiger partial charge in [-0.05, 0) is 224 Å². The first-order chi connectivity index (χ1) is 44.6. The molecule has 496 valence electrons. The minimum absolute atomic E-state index is 0.121. The molecular weight excluding hydrogens is 1200 g/mol. The predicted octanol–water partition coefficient (Wildman–Crippen LogP) is 11.8. The lowest BCUT2D eigenvalue weighted by molar-refractivity contribution is -0.138. The normalized spacial score (nSPS) is 14.6. The van der Waals surface area contributed by atoms with Gasteiger partial charge in [-0.1, -0.05) is 0 Å². The highest BCUT2D eigenvalue weighted by Gasteiger charge is 2.30. The molecule has 4 atom stereocenters. The van der Waals surface area contributed by atoms with Gasteiger partial charge in [0.15, 0.2) is 0 Å². The lowest BCUT2D eigenvalue weighted by atomic mass is 9.99. The van der Waals surface area contributed by atoms with E-state index in [1.54, 1.807) is 13.8 Å². The van der Waals surface area contributed by atoms with Crippen LogP contribution in [0.2, 0.25) is 0 Å². The van der Waals surface area contributed by atoms with Crippen molar-refractivity contribution in [3.8, 4) is 0 Å². The Labute approximate surface area is 544 Å². The molecule has 22 nitrogen and oxygen atoms in total. The van der Waals surface area contributed by atoms with Crippen molar-refractivity contribution in [2.24, 2.45) is 0 Å². The minimum Gasteiger partial charge on any atom is -0.481 e. The van der Waals surface area contributed by atoms with Crippen LogP contribution in [0.4, 0.5) is 0 Å². The number of hydrogen-bond acceptors (Lipinski definition) is 14. The molecule has 94 heavy (non-hydrogen) atoms. The molecule has 4 aliphatic heterocycles. The molecule has 6 aromatic rings. The van der Waals surface area contributed by atoms with E-state index in [0.29, 0.717) is 114 Å². The maximum Gasteiger partial charge on any atom is 0.303 e. The number of nitrogens with zero attached hydrogens (tertiary/aromatic N) is 4. The third kappa shape index (κ3) is 14.6. The van der Waals surface area contributed by atoms with Crippen LogP contribution in [-0.4, -0.2) is 143 Å². The number of carbonyl (C=O) groups is 4. The number of aliphatic carboxylic acids is 4. The number of nitrogens with one attached hydrogen (secondary N) is 5. The number of rotatable bonds is 22. The predicted molar refractivity (Wildman–Crippen MR) is 365 cm³/mol. The van der Waals surface area contributed by atoms with Gasteiger partial charge < -0.3 is 70.8 Å². The van der Waals surface area contributed by atoms with Crippen molar-refractivity contribution in [1.29, 1.82) is 0 Å². The van der Waals surface area contributed by atoms with Crippen molar-refractivity contribution in [3.63, 3.8) is 0 Å². The molecule has 16 bridgehead atoms. The van der Waals surface area contributed by atoms with Gasteiger partial charge in [-0.3, -0.25) is 19.2 Å². The highest BCUT2D eigenvalue weighted by molar-refractivity contribution is 5.99. The van der Waals surface area contributed by atoms with E-state index in [9.17, 15) is 49.8 Å². The van der Waals surface area contributed by atoms with E-state index in [4.69, 9.17) is 34.9 Å². The van der Waals surface area contributed by atoms with Gasteiger partial charge in [-0.15, -0.1) is 0 Å². The summed E-state index contributed by atoms with van der Waals surface area (Å²) < 4.78 is 7.26. The maximum absolute atomic E-state index is 12.2. The zero-order valence-electron chi connectivity index (χ0n) is 55.3. The quantitative estimate of drug-likeness (QED) is 0.0281. The topological polar surface area (TPSA) is 366 Å². The van der Waals surface area contributed by atoms with Crippen molar-refractivity contribution in [2.45, 2.75) is 159 Å². The zero-order valence-corrected chi connectivity index (χ0v) is 55.3. The van der Waals surface area contributed by atoms with E-state index in [0.717, 1.165) is 78.0 Å². The molecule has 10 heterocycles. The van der Waals surface area contributed by atoms with Crippen molar-refractivity contribution in [2.75, 3.05) is 26.3 Å². The van der Waals surface area contributed by atoms with Gasteiger partial charge in [0.2, 0.25) is 0 Å². The molecule has 0 fully saturated rings. The summed E-state index contributed by atoms with van der Waals surface area (Å²) in [6, 6.07) is 15.3. The SMILES string of the molecule is CC1=C(CCC(=O)O)c2cc3[nH]c(cc4nc(cc5[nH]c(cc1n2)c(C)c5C(C)OC(C)C1=C(C)c2cc5[nH]c(cc6nc(cc7[nH]c(cc1n2)c(C)c7CCC(=O)O)C(CCC(=O)O)=C6C)c(C)c5C(C)O)C(C)=C4C(C)O)c(C)c3CCC(=O)O.OCCNCCO. The van der Waals surface area contributed by atoms with Gasteiger partial charge in [0.05, 0.1) is 83.2 Å². The second-order valence-corrected chi connectivity index (χ2v) is 24.6. The van der Waals surface area contributed by atoms with Gasteiger partial charge in [0, 0.05) is 105 Å². The van der Waals surface area contributed by atoms with Crippen LogP contribution >= 0.6 is 0 Å². The van der Waals surface area contributed by atoms with Gasteiger partial charge in [0.25, 0.3) is 0 Å². The molecule has 13 N–H and O–H groups in total. The number of allylic oxidation sites excluding steroid dienone is 6. The van der Waals surface area contributed by atoms with Crippen LogP contribution in [0.5, 0.6) is 0 Å². The number of aliphatic hydroxyl groups is 4. The Morgan fingerprint density at radius 1 is 0.404 bits per heavy atom. The Balaban J connectivity index is 0.00000141. The number of hydrogen-bond donors (Lipinski definition) is 13. The van der Waals surface area contributed by atoms with Gasteiger partial charge in [-0.25, -0.2) is 19.9 Å². The molecule has 0 amide bonds. The Morgan fingerprint density at radius 2 is 0.734 bits per heavy atom. The molecule has 4 unspecified atom stereocenters. The van der Waals surface area contributed by atoms with E-state index in [-0.39, 0.29) is 64.6 Å². The van der Waals surface area contributed by atoms with E-state index >= 15 is 0 Å². The zero-order chi connectivity index (χ0) is 68.3. The fourth-order valence-corrected chi connectivity index (χ4v) is 13.3. The van der Waals surface area contributed by atoms with Crippen LogP contribution in [0.25, 0.3) is 88.7 Å². The largest absolute Gasteiger partial charge is 0.481 e. The second-order valence-electron chi connectivity index (χ2n) is 24.6. The number of aryl methyl sites for hydroxylation is 6. The van der Waals surface area contributed by atoms with Crippen LogP contribution in [-0.2, 0) is 36.8 Å². The van der Waals surface area contributed by atoms with Gasteiger partial charge in [0.1, 0.15) is 0 Å². The third-order valence-electron chi connectivity index (χ3n) is 18.3. The molecule has 0 saturated carbocycles. The fraction of sp³-hybridized carbons (Fsp3) is 0.389. The van der Waals surface area contributed by atoms with Crippen LogP contribution in [0.1, 0.15) is 196 Å². The Morgan fingerprint density at radius 3 is 1.15 bits per heavy atom. The van der Waals surface area contributed by atoms with E-state index < -0.39 is 48.3 Å². The number of carboxylic acid groups (broad SMARTS) is 4. The summed E-state index contributed by atoms with van der Waals surface area (Å²) in [5, 5.41) is 81.3. The lowest BCUT2D eigenvalue weighted by Gasteiger charge is -2.22. The number of ether oxygens (including phenoxy) is 1. The second kappa shape index (κ2) is 29.0. The lowest BCUT2D eigenvalue weighted by Crippen LogP contribution is -2.21. The summed E-state index contributed by atoms with van der Waals surface area (Å²) in [5.41, 5.74) is 22.4. The number of aliphatic hydroxyl groups excluding tert-OH is 4. The number of aromatic amines is 4. The maximum atomic E-state index is 12.2. The molecular formula is C72H85N9O13. The van der Waals surface area contributed by atoms with E-state index in [1.807, 2.05) is 118 Å². The van der Waals surface area contributed by atoms with Gasteiger partial charge >= 0.3 is 23.9 Å². The summed E-state index contributed by atoms with van der Waals surface area (Å²) >= 11 is 0. The molecule has 6 aromatic heterocycles. The minimum atomic E-state index is -0.958. The monoisotopic (exact) mass is 1280 g/mol. The Hall–Kier alpha value is -9.16. The molecule has 0 spiro atoms. The molecule has 0 aliphatic carbocycles. The summed E-state index contributed by atoms with van der Waals surface area (Å²) in [6.45, 7) is 24.3. The van der Waals surface area contributed by atoms with Crippen molar-refractivity contribution in [3.05, 3.63) is 139 Å². The fourth-order valence-electron chi connectivity index (χ4n) is 13.3. The summed E-state index contributed by atoms with van der Waals surface area (Å²) in [7, 11) is 0. The average Bonchev–Trinajstić information content (AvgIpc) is 1.64. The summed E-state index contributed by atoms with van der Waals surface area (Å²) in [6.07, 6.45) is -2.72. The number of aromatic nitrogens is 8. The molecule has 0 radical (unpaired) electrons. The summed E-state index contributed by atoms with van der Waals surface area (Å²) in [5.74, 6) is -3.81. The molecule has 0 aromatic carbocycles. The van der Waals surface area contributed by atoms with Crippen LogP contribution < -0.4 is 5.32 Å². The number of fused-ring (bicyclic) bond motifs is 16. The van der Waals surface area contributed by atoms with Crippen LogP contribution in [0.15, 0.2) is 48.5 Å². The average molecular weight is 1280 g/mol.